The molecule has 0 aromatic rings. The van der Waals surface area contributed by atoms with Gasteiger partial charge in [-0.05, 0) is 19.8 Å². The molecule has 0 saturated heterocycles. The molecule has 0 radical (unpaired) electrons. The molecular weight excluding hydrogens is 248 g/mol. The number of hydrogen-bond acceptors (Lipinski definition) is 3. The fraction of sp³-hybridized carbons (Fsp3) is 0.765. The van der Waals surface area contributed by atoms with Crippen molar-refractivity contribution in [1.82, 2.24) is 5.06 Å². The first-order valence-corrected chi connectivity index (χ1v) is 8.22. The Morgan fingerprint density at radius 3 is 2.25 bits per heavy atom. The van der Waals surface area contributed by atoms with Gasteiger partial charge in [-0.1, -0.05) is 58.8 Å². The number of nitrogens with two attached hydrogens (primary N) is 1. The third-order valence-electron chi connectivity index (χ3n) is 4.12. The third kappa shape index (κ3) is 5.48. The van der Waals surface area contributed by atoms with E-state index >= 15 is 0 Å². The standard InChI is InChI=1S/C17H32N2O/c1-4-6-8-10-13-17(3,12-9-7-5-2)19-15-16(18)11-14-20-19/h11,14-15H,4-10,12-13,18H2,1-3H3. The van der Waals surface area contributed by atoms with Crippen LogP contribution in [0, 0.1) is 0 Å². The first kappa shape index (κ1) is 16.9. The van der Waals surface area contributed by atoms with Crippen LogP contribution in [0.3, 0.4) is 0 Å². The summed E-state index contributed by atoms with van der Waals surface area (Å²) in [4.78, 5) is 5.70. The molecule has 0 saturated carbocycles. The summed E-state index contributed by atoms with van der Waals surface area (Å²) in [6.07, 6.45) is 16.7. The third-order valence-corrected chi connectivity index (χ3v) is 4.12. The number of rotatable bonds is 10. The van der Waals surface area contributed by atoms with Crippen LogP contribution in [0.15, 0.2) is 24.2 Å². The molecule has 1 heterocycles. The number of unbranched alkanes of at least 4 members (excludes halogenated alkanes) is 5. The Balaban J connectivity index is 2.59. The fourth-order valence-corrected chi connectivity index (χ4v) is 2.70. The van der Waals surface area contributed by atoms with Crippen LogP contribution < -0.4 is 5.73 Å². The highest BCUT2D eigenvalue weighted by Gasteiger charge is 2.31. The van der Waals surface area contributed by atoms with Crippen LogP contribution in [-0.4, -0.2) is 10.6 Å². The largest absolute Gasteiger partial charge is 0.397 e. The molecule has 3 nitrogen and oxygen atoms in total. The Morgan fingerprint density at radius 1 is 1.05 bits per heavy atom. The molecule has 0 spiro atoms. The summed E-state index contributed by atoms with van der Waals surface area (Å²) >= 11 is 0. The average molecular weight is 280 g/mol. The van der Waals surface area contributed by atoms with Gasteiger partial charge in [-0.3, -0.25) is 0 Å². The summed E-state index contributed by atoms with van der Waals surface area (Å²) in [7, 11) is 0. The predicted octanol–water partition coefficient (Wildman–Crippen LogP) is 4.86. The SMILES string of the molecule is CCCCCCC(C)(CCCCC)N1C=C(N)C=CO1. The minimum Gasteiger partial charge on any atom is -0.397 e. The molecule has 0 aromatic carbocycles. The maximum atomic E-state index is 5.91. The lowest BCUT2D eigenvalue weighted by molar-refractivity contribution is -0.144. The van der Waals surface area contributed by atoms with Gasteiger partial charge in [0.15, 0.2) is 0 Å². The second-order valence-corrected chi connectivity index (χ2v) is 6.13. The van der Waals surface area contributed by atoms with Crippen molar-refractivity contribution >= 4 is 0 Å². The molecule has 2 N–H and O–H groups in total. The highest BCUT2D eigenvalue weighted by molar-refractivity contribution is 5.15. The molecule has 0 aromatic heterocycles. The molecule has 1 unspecified atom stereocenters. The maximum Gasteiger partial charge on any atom is 0.121 e. The quantitative estimate of drug-likeness (QED) is 0.581. The summed E-state index contributed by atoms with van der Waals surface area (Å²) in [5.74, 6) is 0. The van der Waals surface area contributed by atoms with Crippen LogP contribution in [0.1, 0.15) is 78.6 Å². The smallest absolute Gasteiger partial charge is 0.121 e. The number of hydrogen-bond donors (Lipinski definition) is 1. The molecule has 0 bridgehead atoms. The molecule has 20 heavy (non-hydrogen) atoms. The molecule has 0 fully saturated rings. The van der Waals surface area contributed by atoms with E-state index in [1.165, 1.54) is 44.9 Å². The van der Waals surface area contributed by atoms with Crippen molar-refractivity contribution < 1.29 is 4.84 Å². The topological polar surface area (TPSA) is 38.5 Å². The van der Waals surface area contributed by atoms with Crippen LogP contribution in [0.2, 0.25) is 0 Å². The Morgan fingerprint density at radius 2 is 1.65 bits per heavy atom. The summed E-state index contributed by atoms with van der Waals surface area (Å²) in [6.45, 7) is 6.80. The van der Waals surface area contributed by atoms with Gasteiger partial charge in [0.25, 0.3) is 0 Å². The van der Waals surface area contributed by atoms with E-state index in [0.717, 1.165) is 18.5 Å². The molecule has 0 amide bonds. The zero-order valence-electron chi connectivity index (χ0n) is 13.5. The van der Waals surface area contributed by atoms with Gasteiger partial charge >= 0.3 is 0 Å². The summed E-state index contributed by atoms with van der Waals surface area (Å²) in [6, 6.07) is 0. The van der Waals surface area contributed by atoms with E-state index in [-0.39, 0.29) is 5.54 Å². The Kier molecular flexibility index (Phi) is 7.56. The van der Waals surface area contributed by atoms with Gasteiger partial charge in [-0.15, -0.1) is 0 Å². The zero-order chi connectivity index (χ0) is 14.8. The van der Waals surface area contributed by atoms with Crippen LogP contribution in [0.5, 0.6) is 0 Å². The molecule has 0 aliphatic carbocycles. The van der Waals surface area contributed by atoms with E-state index in [0.29, 0.717) is 0 Å². The van der Waals surface area contributed by atoms with E-state index in [4.69, 9.17) is 10.6 Å². The lowest BCUT2D eigenvalue weighted by Crippen LogP contribution is -2.43. The van der Waals surface area contributed by atoms with Crippen LogP contribution in [-0.2, 0) is 4.84 Å². The normalized spacial score (nSPS) is 17.6. The number of nitrogens with zero attached hydrogens (tertiary/aromatic N) is 1. The summed E-state index contributed by atoms with van der Waals surface area (Å²) < 4.78 is 0. The predicted molar refractivity (Wildman–Crippen MR) is 85.6 cm³/mol. The summed E-state index contributed by atoms with van der Waals surface area (Å²) in [5.41, 5.74) is 6.73. The highest BCUT2D eigenvalue weighted by Crippen LogP contribution is 2.31. The Labute approximate surface area is 124 Å². The van der Waals surface area contributed by atoms with Gasteiger partial charge in [-0.2, -0.15) is 0 Å². The van der Waals surface area contributed by atoms with Crippen molar-refractivity contribution in [3.63, 3.8) is 0 Å². The average Bonchev–Trinajstić information content (AvgIpc) is 2.44. The molecule has 1 atom stereocenters. The minimum atomic E-state index is 0.0539. The van der Waals surface area contributed by atoms with E-state index < -0.39 is 0 Å². The lowest BCUT2D eigenvalue weighted by atomic mass is 9.88. The van der Waals surface area contributed by atoms with Crippen molar-refractivity contribution in [2.45, 2.75) is 84.1 Å². The van der Waals surface area contributed by atoms with Crippen molar-refractivity contribution in [3.8, 4) is 0 Å². The minimum absolute atomic E-state index is 0.0539. The van der Waals surface area contributed by atoms with Crippen LogP contribution >= 0.6 is 0 Å². The number of allylic oxidation sites excluding steroid dienone is 1. The Bertz CT molecular complexity index is 325. The van der Waals surface area contributed by atoms with Crippen LogP contribution in [0.4, 0.5) is 0 Å². The van der Waals surface area contributed by atoms with Crippen molar-refractivity contribution in [2.75, 3.05) is 0 Å². The van der Waals surface area contributed by atoms with E-state index in [9.17, 15) is 0 Å². The van der Waals surface area contributed by atoms with Crippen molar-refractivity contribution in [1.29, 1.82) is 0 Å². The number of hydroxylamine groups is 2. The molecule has 1 rings (SSSR count). The second-order valence-electron chi connectivity index (χ2n) is 6.13. The van der Waals surface area contributed by atoms with Gasteiger partial charge < -0.3 is 10.6 Å². The molecule has 1 aliphatic heterocycles. The Hall–Kier alpha value is -1.12. The zero-order valence-corrected chi connectivity index (χ0v) is 13.5. The highest BCUT2D eigenvalue weighted by atomic mass is 16.7. The van der Waals surface area contributed by atoms with Gasteiger partial charge in [0.2, 0.25) is 0 Å². The van der Waals surface area contributed by atoms with Gasteiger partial charge in [0, 0.05) is 6.08 Å². The van der Waals surface area contributed by atoms with Crippen LogP contribution in [0.25, 0.3) is 0 Å². The van der Waals surface area contributed by atoms with Gasteiger partial charge in [-0.25, -0.2) is 5.06 Å². The molecule has 116 valence electrons. The lowest BCUT2D eigenvalue weighted by Gasteiger charge is -2.40. The first-order chi connectivity index (χ1) is 9.62. The van der Waals surface area contributed by atoms with E-state index in [1.807, 2.05) is 11.3 Å². The van der Waals surface area contributed by atoms with Crippen molar-refractivity contribution in [3.05, 3.63) is 24.2 Å². The summed E-state index contributed by atoms with van der Waals surface area (Å²) in [5, 5.41) is 1.98. The monoisotopic (exact) mass is 280 g/mol. The maximum absolute atomic E-state index is 5.91. The van der Waals surface area contributed by atoms with E-state index in [1.54, 1.807) is 12.3 Å². The second kappa shape index (κ2) is 8.93. The van der Waals surface area contributed by atoms with Crippen molar-refractivity contribution in [2.24, 2.45) is 5.73 Å². The van der Waals surface area contributed by atoms with E-state index in [2.05, 4.69) is 20.8 Å². The fourth-order valence-electron chi connectivity index (χ4n) is 2.70. The molecular formula is C17H32N2O. The molecule has 3 heteroatoms. The first-order valence-electron chi connectivity index (χ1n) is 8.22. The van der Waals surface area contributed by atoms with Gasteiger partial charge in [0.1, 0.15) is 6.26 Å². The molecule has 1 aliphatic rings. The van der Waals surface area contributed by atoms with Gasteiger partial charge in [0.05, 0.1) is 17.4 Å².